The molecule has 1 aromatic rings. The number of halogens is 1. The monoisotopic (exact) mass is 248 g/mol. The van der Waals surface area contributed by atoms with E-state index in [1.54, 1.807) is 0 Å². The van der Waals surface area contributed by atoms with Crippen LogP contribution in [0.5, 0.6) is 0 Å². The fraction of sp³-hybridized carbons (Fsp3) is 0.182. The molecule has 18 heavy (non-hydrogen) atoms. The van der Waals surface area contributed by atoms with Gasteiger partial charge in [-0.3, -0.25) is 0 Å². The number of hydrogen-bond acceptors (Lipinski definition) is 3. The fourth-order valence-corrected chi connectivity index (χ4v) is 1.18. The maximum Gasteiger partial charge on any atom is 0.337 e. The molecule has 1 aromatic carbocycles. The van der Waals surface area contributed by atoms with Gasteiger partial charge >= 0.3 is 5.97 Å². The van der Waals surface area contributed by atoms with Gasteiger partial charge in [-0.2, -0.15) is 0 Å². The molecule has 0 aliphatic rings. The molecule has 0 radical (unpaired) electrons. The third kappa shape index (κ3) is 3.40. The van der Waals surface area contributed by atoms with Gasteiger partial charge in [-0.25, -0.2) is 9.18 Å². The quantitative estimate of drug-likeness (QED) is 0.213. The maximum absolute atomic E-state index is 13.4. The molecule has 0 aliphatic carbocycles. The largest absolute Gasteiger partial charge is 0.478 e. The highest BCUT2D eigenvalue weighted by Crippen LogP contribution is 2.17. The van der Waals surface area contributed by atoms with Crippen molar-refractivity contribution < 1.29 is 14.3 Å². The number of carbonyl (C=O) groups is 1. The van der Waals surface area contributed by atoms with E-state index in [1.165, 1.54) is 0 Å². The molecule has 3 N–H and O–H groups in total. The summed E-state index contributed by atoms with van der Waals surface area (Å²) in [6.45, 7) is 0.172. The molecular weight excluding hydrogens is 239 g/mol. The number of rotatable bonds is 3. The molecule has 0 unspecified atom stereocenters. The van der Waals surface area contributed by atoms with Crippen molar-refractivity contribution in [2.75, 3.05) is 12.3 Å². The Hall–Kier alpha value is -2.71. The molecule has 92 valence electrons. The molecule has 0 aliphatic heterocycles. The predicted octanol–water partition coefficient (Wildman–Crippen LogP) is 2.16. The predicted molar refractivity (Wildman–Crippen MR) is 63.3 cm³/mol. The standard InChI is InChI=1S/C11H9FN4O2/c12-9-6-10(13)8(11(17)18)5-7(9)3-1-2-4-15-16-14/h5-6H,2,4,13H2,(H,17,18). The van der Waals surface area contributed by atoms with Crippen molar-refractivity contribution in [2.45, 2.75) is 6.42 Å². The van der Waals surface area contributed by atoms with Gasteiger partial charge in [-0.1, -0.05) is 17.0 Å². The second-order valence-electron chi connectivity index (χ2n) is 3.23. The van der Waals surface area contributed by atoms with Gasteiger partial charge in [0.25, 0.3) is 0 Å². The summed E-state index contributed by atoms with van der Waals surface area (Å²) in [5.41, 5.74) is 13.0. The highest BCUT2D eigenvalue weighted by Gasteiger charge is 2.11. The van der Waals surface area contributed by atoms with Gasteiger partial charge in [-0.05, 0) is 17.7 Å². The van der Waals surface area contributed by atoms with E-state index in [2.05, 4.69) is 21.9 Å². The summed E-state index contributed by atoms with van der Waals surface area (Å²) in [7, 11) is 0. The molecule has 6 nitrogen and oxygen atoms in total. The fourth-order valence-electron chi connectivity index (χ4n) is 1.18. The minimum absolute atomic E-state index is 0.0532. The van der Waals surface area contributed by atoms with Gasteiger partial charge < -0.3 is 10.8 Å². The molecule has 0 spiro atoms. The van der Waals surface area contributed by atoms with Crippen LogP contribution in [0.3, 0.4) is 0 Å². The van der Waals surface area contributed by atoms with Crippen LogP contribution in [0.1, 0.15) is 22.3 Å². The van der Waals surface area contributed by atoms with Crippen LogP contribution < -0.4 is 5.73 Å². The summed E-state index contributed by atoms with van der Waals surface area (Å²) >= 11 is 0. The Morgan fingerprint density at radius 3 is 2.94 bits per heavy atom. The zero-order valence-corrected chi connectivity index (χ0v) is 9.22. The third-order valence-electron chi connectivity index (χ3n) is 1.99. The smallest absolute Gasteiger partial charge is 0.337 e. The molecule has 0 saturated carbocycles. The molecule has 0 atom stereocenters. The lowest BCUT2D eigenvalue weighted by Gasteiger charge is -2.02. The normalized spacial score (nSPS) is 8.94. The van der Waals surface area contributed by atoms with Crippen LogP contribution in [0.2, 0.25) is 0 Å². The number of aromatic carboxylic acids is 1. The van der Waals surface area contributed by atoms with Crippen molar-refractivity contribution in [3.05, 3.63) is 39.5 Å². The van der Waals surface area contributed by atoms with Crippen molar-refractivity contribution in [3.8, 4) is 11.8 Å². The number of benzene rings is 1. The molecule has 0 heterocycles. The average Bonchev–Trinajstić information content (AvgIpc) is 2.30. The average molecular weight is 248 g/mol. The summed E-state index contributed by atoms with van der Waals surface area (Å²) in [5, 5.41) is 12.1. The zero-order valence-electron chi connectivity index (χ0n) is 9.22. The zero-order chi connectivity index (χ0) is 13.5. The summed E-state index contributed by atoms with van der Waals surface area (Å²) in [6, 6.07) is 1.99. The minimum Gasteiger partial charge on any atom is -0.478 e. The molecule has 0 saturated heterocycles. The first-order valence-corrected chi connectivity index (χ1v) is 4.88. The van der Waals surface area contributed by atoms with E-state index < -0.39 is 11.8 Å². The topological polar surface area (TPSA) is 112 Å². The number of nitrogen functional groups attached to an aromatic ring is 1. The lowest BCUT2D eigenvalue weighted by atomic mass is 10.1. The summed E-state index contributed by atoms with van der Waals surface area (Å²) in [4.78, 5) is 13.3. The van der Waals surface area contributed by atoms with E-state index >= 15 is 0 Å². The van der Waals surface area contributed by atoms with Crippen molar-refractivity contribution >= 4 is 11.7 Å². The van der Waals surface area contributed by atoms with Gasteiger partial charge in [0.2, 0.25) is 0 Å². The Bertz CT molecular complexity index is 583. The number of nitrogens with zero attached hydrogens (tertiary/aromatic N) is 3. The van der Waals surface area contributed by atoms with E-state index in [0.29, 0.717) is 0 Å². The summed E-state index contributed by atoms with van der Waals surface area (Å²) < 4.78 is 13.4. The van der Waals surface area contributed by atoms with Gasteiger partial charge in [0.1, 0.15) is 5.82 Å². The third-order valence-corrected chi connectivity index (χ3v) is 1.99. The van der Waals surface area contributed by atoms with Crippen LogP contribution in [0.25, 0.3) is 10.4 Å². The van der Waals surface area contributed by atoms with Crippen LogP contribution in [-0.2, 0) is 0 Å². The van der Waals surface area contributed by atoms with Crippen molar-refractivity contribution in [3.63, 3.8) is 0 Å². The van der Waals surface area contributed by atoms with Crippen LogP contribution >= 0.6 is 0 Å². The van der Waals surface area contributed by atoms with Crippen molar-refractivity contribution in [1.29, 1.82) is 0 Å². The number of nitrogens with two attached hydrogens (primary N) is 1. The first-order chi connectivity index (χ1) is 8.56. The lowest BCUT2D eigenvalue weighted by Crippen LogP contribution is -2.04. The van der Waals surface area contributed by atoms with Gasteiger partial charge in [-0.15, -0.1) is 0 Å². The number of hydrogen-bond donors (Lipinski definition) is 2. The summed E-state index contributed by atoms with van der Waals surface area (Å²) in [6.07, 6.45) is 0.260. The van der Waals surface area contributed by atoms with Gasteiger partial charge in [0, 0.05) is 23.6 Å². The Labute approximate surface area is 102 Å². The number of carboxylic acids is 1. The second kappa shape index (κ2) is 6.13. The van der Waals surface area contributed by atoms with Gasteiger partial charge in [0.05, 0.1) is 11.1 Å². The van der Waals surface area contributed by atoms with Crippen molar-refractivity contribution in [2.24, 2.45) is 5.11 Å². The summed E-state index contributed by atoms with van der Waals surface area (Å²) in [5.74, 6) is 3.11. The lowest BCUT2D eigenvalue weighted by molar-refractivity contribution is 0.0698. The first kappa shape index (κ1) is 13.4. The first-order valence-electron chi connectivity index (χ1n) is 4.88. The molecule has 0 aromatic heterocycles. The molecule has 0 bridgehead atoms. The number of carboxylic acid groups (broad SMARTS) is 1. The van der Waals surface area contributed by atoms with Crippen LogP contribution in [0.4, 0.5) is 10.1 Å². The van der Waals surface area contributed by atoms with E-state index in [9.17, 15) is 9.18 Å². The molecular formula is C11H9FN4O2. The second-order valence-corrected chi connectivity index (χ2v) is 3.23. The molecule has 7 heteroatoms. The molecule has 0 amide bonds. The van der Waals surface area contributed by atoms with E-state index in [-0.39, 0.29) is 29.8 Å². The molecule has 1 rings (SSSR count). The van der Waals surface area contributed by atoms with E-state index in [1.807, 2.05) is 0 Å². The van der Waals surface area contributed by atoms with Crippen LogP contribution in [0, 0.1) is 17.7 Å². The Morgan fingerprint density at radius 2 is 2.33 bits per heavy atom. The Kier molecular flexibility index (Phi) is 4.55. The van der Waals surface area contributed by atoms with Crippen LogP contribution in [-0.4, -0.2) is 17.6 Å². The SMILES string of the molecule is [N-]=[N+]=NCCC#Cc1cc(C(=O)O)c(N)cc1F. The van der Waals surface area contributed by atoms with Gasteiger partial charge in [0.15, 0.2) is 0 Å². The van der Waals surface area contributed by atoms with E-state index in [4.69, 9.17) is 16.4 Å². The Balaban J connectivity index is 2.98. The number of anilines is 1. The van der Waals surface area contributed by atoms with Crippen molar-refractivity contribution in [1.82, 2.24) is 0 Å². The van der Waals surface area contributed by atoms with E-state index in [0.717, 1.165) is 12.1 Å². The maximum atomic E-state index is 13.4. The van der Waals surface area contributed by atoms with Crippen LogP contribution in [0.15, 0.2) is 17.2 Å². The number of azide groups is 1. The highest BCUT2D eigenvalue weighted by molar-refractivity contribution is 5.94. The highest BCUT2D eigenvalue weighted by atomic mass is 19.1. The minimum atomic E-state index is -1.25. The Morgan fingerprint density at radius 1 is 1.61 bits per heavy atom. The molecule has 0 fully saturated rings.